The molecule has 1 aromatic rings. The van der Waals surface area contributed by atoms with Crippen molar-refractivity contribution >= 4 is 11.6 Å². The molecule has 4 nitrogen and oxygen atoms in total. The van der Waals surface area contributed by atoms with Crippen molar-refractivity contribution in [2.24, 2.45) is 0 Å². The zero-order valence-electron chi connectivity index (χ0n) is 7.84. The number of hydrogen-bond acceptors (Lipinski definition) is 4. The summed E-state index contributed by atoms with van der Waals surface area (Å²) in [6, 6.07) is -0.102. The highest BCUT2D eigenvalue weighted by Gasteiger charge is 2.36. The lowest BCUT2D eigenvalue weighted by molar-refractivity contribution is 0.0550. The number of piperidine rings is 1. The fourth-order valence-electron chi connectivity index (χ4n) is 1.56. The molecule has 0 aliphatic carbocycles. The maximum absolute atomic E-state index is 12.6. The lowest BCUT2D eigenvalue weighted by Gasteiger charge is -2.19. The normalized spacial score (nSPS) is 23.0. The summed E-state index contributed by atoms with van der Waals surface area (Å²) in [6.45, 7) is 0.839. The smallest absolute Gasteiger partial charge is 0.331 e. The first-order valence-corrected chi connectivity index (χ1v) is 5.09. The van der Waals surface area contributed by atoms with Gasteiger partial charge in [0.2, 0.25) is 0 Å². The molecule has 1 aliphatic rings. The number of alkyl halides is 3. The summed E-state index contributed by atoms with van der Waals surface area (Å²) >= 11 is 4.76. The van der Waals surface area contributed by atoms with Crippen LogP contribution >= 0.6 is 11.6 Å². The number of nitrogens with one attached hydrogen (secondary N) is 1. The Balaban J connectivity index is 2.12. The third kappa shape index (κ3) is 2.43. The first-order valence-electron chi connectivity index (χ1n) is 4.71. The van der Waals surface area contributed by atoms with Crippen molar-refractivity contribution < 1.29 is 13.3 Å². The predicted molar refractivity (Wildman–Crippen MR) is 48.6 cm³/mol. The first-order chi connectivity index (χ1) is 7.07. The van der Waals surface area contributed by atoms with Crippen molar-refractivity contribution in [3.8, 4) is 0 Å². The van der Waals surface area contributed by atoms with Crippen LogP contribution in [0.5, 0.6) is 0 Å². The Morgan fingerprint density at radius 1 is 1.47 bits per heavy atom. The van der Waals surface area contributed by atoms with Gasteiger partial charge in [-0.2, -0.15) is 13.8 Å². The predicted octanol–water partition coefficient (Wildman–Crippen LogP) is 2.17. The molecule has 84 valence electrons. The molecule has 1 saturated heterocycles. The summed E-state index contributed by atoms with van der Waals surface area (Å²) in [6.07, 6.45) is 2.93. The van der Waals surface area contributed by atoms with Crippen LogP contribution in [0.25, 0.3) is 0 Å². The van der Waals surface area contributed by atoms with E-state index in [4.69, 9.17) is 11.6 Å². The Hall–Kier alpha value is -0.750. The van der Waals surface area contributed by atoms with Gasteiger partial charge in [-0.25, -0.2) is 0 Å². The van der Waals surface area contributed by atoms with E-state index in [-0.39, 0.29) is 11.9 Å². The number of halogens is 3. The molecular weight excluding hydrogens is 228 g/mol. The van der Waals surface area contributed by atoms with Crippen molar-refractivity contribution in [1.29, 1.82) is 0 Å². The Labute approximate surface area is 90.0 Å². The molecule has 7 heteroatoms. The number of hydrogen-bond donors (Lipinski definition) is 1. The van der Waals surface area contributed by atoms with E-state index in [2.05, 4.69) is 20.0 Å². The van der Waals surface area contributed by atoms with Crippen molar-refractivity contribution in [3.05, 3.63) is 11.7 Å². The molecule has 0 spiro atoms. The summed E-state index contributed by atoms with van der Waals surface area (Å²) in [5.41, 5.74) is 0. The fraction of sp³-hybridized carbons (Fsp3) is 0.750. The molecule has 0 saturated carbocycles. The summed E-state index contributed by atoms with van der Waals surface area (Å²) in [5.74, 6) is -0.587. The first kappa shape index (κ1) is 10.8. The fourth-order valence-corrected chi connectivity index (χ4v) is 1.64. The molecule has 1 N–H and O–H groups in total. The van der Waals surface area contributed by atoms with Gasteiger partial charge in [-0.3, -0.25) is 0 Å². The summed E-state index contributed by atoms with van der Waals surface area (Å²) < 4.78 is 29.6. The Morgan fingerprint density at radius 2 is 2.27 bits per heavy atom. The van der Waals surface area contributed by atoms with Gasteiger partial charge >= 0.3 is 11.3 Å². The number of nitrogens with zero attached hydrogens (tertiary/aromatic N) is 2. The van der Waals surface area contributed by atoms with Gasteiger partial charge in [0.15, 0.2) is 5.82 Å². The molecule has 2 heterocycles. The molecule has 0 amide bonds. The lowest BCUT2D eigenvalue weighted by atomic mass is 10.0. The Kier molecular flexibility index (Phi) is 2.88. The SMILES string of the molecule is FC(F)(Cl)c1nc(C2CCCCN2)no1. The van der Waals surface area contributed by atoms with Crippen molar-refractivity contribution in [1.82, 2.24) is 15.5 Å². The van der Waals surface area contributed by atoms with Crippen LogP contribution in [0.2, 0.25) is 0 Å². The third-order valence-corrected chi connectivity index (χ3v) is 2.47. The summed E-state index contributed by atoms with van der Waals surface area (Å²) in [5, 5.41) is 3.04. The molecule has 1 aliphatic heterocycles. The van der Waals surface area contributed by atoms with E-state index in [1.54, 1.807) is 0 Å². The second-order valence-corrected chi connectivity index (χ2v) is 3.93. The average Bonchev–Trinajstić information content (AvgIpc) is 2.67. The molecule has 2 rings (SSSR count). The largest absolute Gasteiger partial charge is 0.400 e. The second-order valence-electron chi connectivity index (χ2n) is 3.46. The van der Waals surface area contributed by atoms with Gasteiger partial charge in [-0.1, -0.05) is 11.6 Å². The highest BCUT2D eigenvalue weighted by Crippen LogP contribution is 2.32. The number of aromatic nitrogens is 2. The van der Waals surface area contributed by atoms with Gasteiger partial charge in [-0.15, -0.1) is 0 Å². The second kappa shape index (κ2) is 4.02. The molecule has 0 aromatic carbocycles. The van der Waals surface area contributed by atoms with Crippen LogP contribution in [0.1, 0.15) is 37.0 Å². The minimum absolute atomic E-state index is 0.102. The Bertz CT molecular complexity index is 333. The van der Waals surface area contributed by atoms with Crippen LogP contribution < -0.4 is 5.32 Å². The van der Waals surface area contributed by atoms with E-state index < -0.39 is 11.3 Å². The van der Waals surface area contributed by atoms with E-state index in [9.17, 15) is 8.78 Å². The third-order valence-electron chi connectivity index (χ3n) is 2.31. The maximum atomic E-state index is 12.6. The van der Waals surface area contributed by atoms with Crippen LogP contribution in [-0.4, -0.2) is 16.7 Å². The summed E-state index contributed by atoms with van der Waals surface area (Å²) in [4.78, 5) is 3.58. The molecular formula is C8H10ClF2N3O. The molecule has 1 atom stereocenters. The van der Waals surface area contributed by atoms with Crippen molar-refractivity contribution in [2.75, 3.05) is 6.54 Å². The van der Waals surface area contributed by atoms with Crippen LogP contribution in [0.15, 0.2) is 4.52 Å². The summed E-state index contributed by atoms with van der Waals surface area (Å²) in [7, 11) is 0. The molecule has 0 radical (unpaired) electrons. The Morgan fingerprint density at radius 3 is 2.80 bits per heavy atom. The minimum Gasteiger partial charge on any atom is -0.331 e. The monoisotopic (exact) mass is 237 g/mol. The minimum atomic E-state index is -3.58. The topological polar surface area (TPSA) is 51.0 Å². The number of rotatable bonds is 2. The highest BCUT2D eigenvalue weighted by molar-refractivity contribution is 6.21. The van der Waals surface area contributed by atoms with E-state index in [1.807, 2.05) is 0 Å². The zero-order chi connectivity index (χ0) is 10.9. The van der Waals surface area contributed by atoms with Gasteiger partial charge in [0.25, 0.3) is 0 Å². The molecule has 15 heavy (non-hydrogen) atoms. The maximum Gasteiger partial charge on any atom is 0.400 e. The van der Waals surface area contributed by atoms with E-state index >= 15 is 0 Å². The van der Waals surface area contributed by atoms with Crippen molar-refractivity contribution in [3.63, 3.8) is 0 Å². The van der Waals surface area contributed by atoms with Gasteiger partial charge in [-0.05, 0) is 31.0 Å². The van der Waals surface area contributed by atoms with E-state index in [1.165, 1.54) is 0 Å². The average molecular weight is 238 g/mol. The van der Waals surface area contributed by atoms with Gasteiger partial charge in [0, 0.05) is 0 Å². The standard InChI is InChI=1S/C8H10ClF2N3O/c9-8(10,11)7-13-6(14-15-7)5-3-1-2-4-12-5/h5,12H,1-4H2. The molecule has 1 aromatic heterocycles. The molecule has 1 fully saturated rings. The van der Waals surface area contributed by atoms with Gasteiger partial charge in [0.05, 0.1) is 6.04 Å². The quantitative estimate of drug-likeness (QED) is 0.801. The lowest BCUT2D eigenvalue weighted by Crippen LogP contribution is -2.27. The zero-order valence-corrected chi connectivity index (χ0v) is 8.60. The van der Waals surface area contributed by atoms with Crippen molar-refractivity contribution in [2.45, 2.75) is 30.7 Å². The van der Waals surface area contributed by atoms with Crippen LogP contribution in [-0.2, 0) is 5.38 Å². The van der Waals surface area contributed by atoms with E-state index in [0.29, 0.717) is 0 Å². The van der Waals surface area contributed by atoms with Crippen LogP contribution in [0, 0.1) is 0 Å². The molecule has 1 unspecified atom stereocenters. The van der Waals surface area contributed by atoms with Crippen LogP contribution in [0.4, 0.5) is 8.78 Å². The van der Waals surface area contributed by atoms with Crippen LogP contribution in [0.3, 0.4) is 0 Å². The van der Waals surface area contributed by atoms with E-state index in [0.717, 1.165) is 25.8 Å². The molecule has 0 bridgehead atoms. The highest BCUT2D eigenvalue weighted by atomic mass is 35.5. The van der Waals surface area contributed by atoms with Gasteiger partial charge in [0.1, 0.15) is 0 Å². The van der Waals surface area contributed by atoms with Gasteiger partial charge < -0.3 is 9.84 Å².